The predicted octanol–water partition coefficient (Wildman–Crippen LogP) is 2.60. The van der Waals surface area contributed by atoms with Crippen LogP contribution < -0.4 is 20.1 Å². The number of amides is 1. The van der Waals surface area contributed by atoms with Crippen molar-refractivity contribution in [3.05, 3.63) is 41.5 Å². The van der Waals surface area contributed by atoms with Crippen LogP contribution in [0.2, 0.25) is 0 Å². The minimum Gasteiger partial charge on any atom is -0.493 e. The Morgan fingerprint density at radius 2 is 2.14 bits per heavy atom. The van der Waals surface area contributed by atoms with E-state index in [9.17, 15) is 4.79 Å². The monoisotopic (exact) mass is 430 g/mol. The predicted molar refractivity (Wildman–Crippen MR) is 113 cm³/mol. The van der Waals surface area contributed by atoms with Crippen molar-refractivity contribution < 1.29 is 14.3 Å². The lowest BCUT2D eigenvalue weighted by atomic mass is 10.0. The van der Waals surface area contributed by atoms with Gasteiger partial charge in [-0.25, -0.2) is 4.98 Å². The van der Waals surface area contributed by atoms with Crippen LogP contribution in [0.25, 0.3) is 0 Å². The molecule has 9 heteroatoms. The average Bonchev–Trinajstić information content (AvgIpc) is 3.15. The van der Waals surface area contributed by atoms with E-state index in [-0.39, 0.29) is 36.8 Å². The van der Waals surface area contributed by atoms with Crippen molar-refractivity contribution in [3.63, 3.8) is 0 Å². The zero-order chi connectivity index (χ0) is 18.4. The van der Waals surface area contributed by atoms with Gasteiger partial charge in [-0.3, -0.25) is 4.79 Å². The van der Waals surface area contributed by atoms with Crippen LogP contribution in [0.15, 0.2) is 24.5 Å². The summed E-state index contributed by atoms with van der Waals surface area (Å²) in [5, 5.41) is 6.21. The molecule has 0 fully saturated rings. The van der Waals surface area contributed by atoms with Gasteiger partial charge in [-0.2, -0.15) is 0 Å². The number of methoxy groups -OCH3 is 1. The number of benzene rings is 1. The number of ether oxygens (including phenoxy) is 2. The fraction of sp³-hybridized carbons (Fsp3) is 0.474. The fourth-order valence-corrected chi connectivity index (χ4v) is 3.07. The Morgan fingerprint density at radius 1 is 1.32 bits per heavy atom. The minimum atomic E-state index is -0.385. The van der Waals surface area contributed by atoms with E-state index in [1.165, 1.54) is 0 Å². The quantitative estimate of drug-likeness (QED) is 0.598. The number of halogens is 2. The molecule has 28 heavy (non-hydrogen) atoms. The van der Waals surface area contributed by atoms with E-state index in [0.717, 1.165) is 54.3 Å². The molecule has 2 heterocycles. The lowest BCUT2D eigenvalue weighted by Crippen LogP contribution is -2.42. The number of carbonyl (C=O) groups is 1. The van der Waals surface area contributed by atoms with E-state index in [1.54, 1.807) is 13.4 Å². The molecular weight excluding hydrogens is 403 g/mol. The van der Waals surface area contributed by atoms with Gasteiger partial charge in [-0.05, 0) is 30.5 Å². The molecular formula is C19H28Cl2N4O3. The maximum atomic E-state index is 12.5. The second-order valence-corrected chi connectivity index (χ2v) is 6.28. The first-order valence-corrected chi connectivity index (χ1v) is 9.06. The molecule has 0 saturated heterocycles. The summed E-state index contributed by atoms with van der Waals surface area (Å²) >= 11 is 0. The number of rotatable bonds is 8. The molecule has 3 N–H and O–H groups in total. The summed E-state index contributed by atoms with van der Waals surface area (Å²) in [6.07, 6.45) is 4.18. The SMILES string of the molecule is CCCOc1ccc(CCNC(=O)C2NCCc3[nH]cnc32)cc1OC.Cl.Cl. The Morgan fingerprint density at radius 3 is 2.89 bits per heavy atom. The molecule has 1 atom stereocenters. The van der Waals surface area contributed by atoms with Crippen molar-refractivity contribution >= 4 is 30.7 Å². The molecule has 0 aliphatic carbocycles. The van der Waals surface area contributed by atoms with Crippen molar-refractivity contribution in [2.45, 2.75) is 32.2 Å². The van der Waals surface area contributed by atoms with Gasteiger partial charge in [0.1, 0.15) is 6.04 Å². The second kappa shape index (κ2) is 11.8. The zero-order valence-corrected chi connectivity index (χ0v) is 17.8. The van der Waals surface area contributed by atoms with Crippen molar-refractivity contribution in [2.24, 2.45) is 0 Å². The number of nitrogens with zero attached hydrogens (tertiary/aromatic N) is 1. The van der Waals surface area contributed by atoms with Crippen LogP contribution >= 0.6 is 24.8 Å². The van der Waals surface area contributed by atoms with Crippen molar-refractivity contribution in [3.8, 4) is 11.5 Å². The smallest absolute Gasteiger partial charge is 0.243 e. The molecule has 0 saturated carbocycles. The number of fused-ring (bicyclic) bond motifs is 1. The lowest BCUT2D eigenvalue weighted by molar-refractivity contribution is -0.123. The molecule has 7 nitrogen and oxygen atoms in total. The molecule has 0 bridgehead atoms. The van der Waals surface area contributed by atoms with Gasteiger partial charge in [0.15, 0.2) is 11.5 Å². The number of nitrogens with one attached hydrogen (secondary N) is 3. The third kappa shape index (κ3) is 5.77. The Hall–Kier alpha value is -1.96. The van der Waals surface area contributed by atoms with Gasteiger partial charge >= 0.3 is 0 Å². The number of hydrogen-bond acceptors (Lipinski definition) is 5. The normalized spacial score (nSPS) is 14.9. The standard InChI is InChI=1S/C19H26N4O3.2ClH/c1-3-10-26-15-5-4-13(11-16(15)25-2)6-8-21-19(24)18-17-14(7-9-20-18)22-12-23-17;;/h4-5,11-12,18,20H,3,6-10H2,1-2H3,(H,21,24)(H,22,23);2*1H. The van der Waals surface area contributed by atoms with E-state index in [0.29, 0.717) is 13.2 Å². The van der Waals surface area contributed by atoms with E-state index in [4.69, 9.17) is 9.47 Å². The Bertz CT molecular complexity index is 755. The summed E-state index contributed by atoms with van der Waals surface area (Å²) in [4.78, 5) is 19.8. The number of imidazole rings is 1. The second-order valence-electron chi connectivity index (χ2n) is 6.28. The van der Waals surface area contributed by atoms with Gasteiger partial charge in [0, 0.05) is 25.2 Å². The molecule has 156 valence electrons. The van der Waals surface area contributed by atoms with Crippen LogP contribution in [0.4, 0.5) is 0 Å². The molecule has 1 amide bonds. The highest BCUT2D eigenvalue weighted by Gasteiger charge is 2.27. The fourth-order valence-electron chi connectivity index (χ4n) is 3.07. The van der Waals surface area contributed by atoms with Crippen LogP contribution in [0.1, 0.15) is 36.3 Å². The first-order chi connectivity index (χ1) is 12.7. The Balaban J connectivity index is 0.00000196. The topological polar surface area (TPSA) is 88.3 Å². The Kier molecular flexibility index (Phi) is 10.1. The third-order valence-electron chi connectivity index (χ3n) is 4.41. The highest BCUT2D eigenvalue weighted by atomic mass is 35.5. The number of aromatic amines is 1. The molecule has 0 spiro atoms. The summed E-state index contributed by atoms with van der Waals surface area (Å²) in [6, 6.07) is 5.50. The van der Waals surface area contributed by atoms with E-state index < -0.39 is 0 Å². The lowest BCUT2D eigenvalue weighted by Gasteiger charge is -2.22. The largest absolute Gasteiger partial charge is 0.493 e. The molecule has 1 aliphatic rings. The summed E-state index contributed by atoms with van der Waals surface area (Å²) in [6.45, 7) is 4.05. The first-order valence-electron chi connectivity index (χ1n) is 9.06. The molecule has 1 aromatic carbocycles. The van der Waals surface area contributed by atoms with Gasteiger partial charge in [0.25, 0.3) is 0 Å². The molecule has 3 rings (SSSR count). The zero-order valence-electron chi connectivity index (χ0n) is 16.1. The van der Waals surface area contributed by atoms with Crippen molar-refractivity contribution in [1.82, 2.24) is 20.6 Å². The number of carbonyl (C=O) groups excluding carboxylic acids is 1. The van der Waals surface area contributed by atoms with Crippen molar-refractivity contribution in [1.29, 1.82) is 0 Å². The van der Waals surface area contributed by atoms with Crippen LogP contribution in [0.3, 0.4) is 0 Å². The number of H-pyrrole nitrogens is 1. The third-order valence-corrected chi connectivity index (χ3v) is 4.41. The molecule has 1 unspecified atom stereocenters. The highest BCUT2D eigenvalue weighted by Crippen LogP contribution is 2.28. The van der Waals surface area contributed by atoms with Gasteiger partial charge in [0.2, 0.25) is 5.91 Å². The summed E-state index contributed by atoms with van der Waals surface area (Å²) < 4.78 is 11.1. The maximum absolute atomic E-state index is 12.5. The maximum Gasteiger partial charge on any atom is 0.243 e. The van der Waals surface area contributed by atoms with Crippen LogP contribution in [0, 0.1) is 0 Å². The van der Waals surface area contributed by atoms with Gasteiger partial charge in [-0.15, -0.1) is 24.8 Å². The van der Waals surface area contributed by atoms with E-state index >= 15 is 0 Å². The Labute approximate surface area is 177 Å². The number of aromatic nitrogens is 2. The first kappa shape index (κ1) is 24.1. The van der Waals surface area contributed by atoms with Crippen LogP contribution in [-0.4, -0.2) is 42.7 Å². The molecule has 0 radical (unpaired) electrons. The highest BCUT2D eigenvalue weighted by molar-refractivity contribution is 5.85. The minimum absolute atomic E-state index is 0. The van der Waals surface area contributed by atoms with Gasteiger partial charge < -0.3 is 25.1 Å². The molecule has 1 aliphatic heterocycles. The molecule has 2 aromatic rings. The van der Waals surface area contributed by atoms with Crippen molar-refractivity contribution in [2.75, 3.05) is 26.8 Å². The van der Waals surface area contributed by atoms with Gasteiger partial charge in [0.05, 0.1) is 25.7 Å². The summed E-state index contributed by atoms with van der Waals surface area (Å²) in [7, 11) is 1.63. The van der Waals surface area contributed by atoms with E-state index in [1.807, 2.05) is 18.2 Å². The van der Waals surface area contributed by atoms with E-state index in [2.05, 4.69) is 27.5 Å². The van der Waals surface area contributed by atoms with Gasteiger partial charge in [-0.1, -0.05) is 13.0 Å². The summed E-state index contributed by atoms with van der Waals surface area (Å²) in [5.41, 5.74) is 2.92. The van der Waals surface area contributed by atoms with Crippen LogP contribution in [0.5, 0.6) is 11.5 Å². The number of hydrogen-bond donors (Lipinski definition) is 3. The van der Waals surface area contributed by atoms with Crippen LogP contribution in [-0.2, 0) is 17.6 Å². The average molecular weight is 431 g/mol. The summed E-state index contributed by atoms with van der Waals surface area (Å²) in [5.74, 6) is 1.42. The molecule has 1 aromatic heterocycles.